The maximum Gasteiger partial charge on any atom is 0.207 e. The van der Waals surface area contributed by atoms with Gasteiger partial charge < -0.3 is 0 Å². The molecule has 5 heteroatoms. The van der Waals surface area contributed by atoms with Gasteiger partial charge in [0.1, 0.15) is 0 Å². The Balaban J connectivity index is 1.38. The van der Waals surface area contributed by atoms with E-state index in [-0.39, 0.29) is 6.04 Å². The third kappa shape index (κ3) is 3.64. The van der Waals surface area contributed by atoms with Gasteiger partial charge in [-0.05, 0) is 59.7 Å². The maximum absolute atomic E-state index is 6.06. The number of fused-ring (bicyclic) bond motifs is 1. The Morgan fingerprint density at radius 2 is 1.66 bits per heavy atom. The Labute approximate surface area is 197 Å². The molecule has 6 rings (SSSR count). The van der Waals surface area contributed by atoms with E-state index in [4.69, 9.17) is 21.7 Å². The summed E-state index contributed by atoms with van der Waals surface area (Å²) in [5.41, 5.74) is 8.64. The molecule has 0 saturated carbocycles. The standard InChI is InChI=1S/C27H22ClN3S/c28-23-13-11-19(12-14-23)25-17-32-27(29-25)31-26(20-5-2-1-3-6-20)16-24(30-31)22-10-9-18-7-4-8-21(18)15-22/h1-3,5-6,9-15,17,26H,4,7-8,16H2. The van der Waals surface area contributed by atoms with Crippen LogP contribution in [0.5, 0.6) is 0 Å². The highest BCUT2D eigenvalue weighted by molar-refractivity contribution is 7.14. The Bertz CT molecular complexity index is 1290. The van der Waals surface area contributed by atoms with E-state index in [1.165, 1.54) is 41.5 Å². The predicted octanol–water partition coefficient (Wildman–Crippen LogP) is 7.31. The molecule has 3 nitrogen and oxygen atoms in total. The van der Waals surface area contributed by atoms with E-state index < -0.39 is 0 Å². The summed E-state index contributed by atoms with van der Waals surface area (Å²) in [7, 11) is 0. The van der Waals surface area contributed by atoms with Gasteiger partial charge in [-0.25, -0.2) is 9.99 Å². The average molecular weight is 456 g/mol. The highest BCUT2D eigenvalue weighted by Crippen LogP contribution is 2.39. The van der Waals surface area contributed by atoms with Gasteiger partial charge in [0.2, 0.25) is 5.13 Å². The van der Waals surface area contributed by atoms with Crippen molar-refractivity contribution in [1.29, 1.82) is 0 Å². The van der Waals surface area contributed by atoms with Crippen molar-refractivity contribution in [3.63, 3.8) is 0 Å². The topological polar surface area (TPSA) is 28.5 Å². The van der Waals surface area contributed by atoms with Crippen molar-refractivity contribution >= 4 is 33.8 Å². The third-order valence-corrected chi connectivity index (χ3v) is 7.44. The summed E-state index contributed by atoms with van der Waals surface area (Å²) in [6, 6.07) is 25.5. The van der Waals surface area contributed by atoms with E-state index >= 15 is 0 Å². The Morgan fingerprint density at radius 1 is 0.875 bits per heavy atom. The number of hydrogen-bond acceptors (Lipinski definition) is 4. The van der Waals surface area contributed by atoms with Crippen molar-refractivity contribution in [2.45, 2.75) is 31.7 Å². The van der Waals surface area contributed by atoms with Gasteiger partial charge in [-0.1, -0.05) is 66.2 Å². The van der Waals surface area contributed by atoms with Crippen molar-refractivity contribution in [2.24, 2.45) is 5.10 Å². The van der Waals surface area contributed by atoms with Crippen molar-refractivity contribution < 1.29 is 0 Å². The molecule has 0 radical (unpaired) electrons. The van der Waals surface area contributed by atoms with E-state index in [0.717, 1.165) is 33.5 Å². The van der Waals surface area contributed by atoms with E-state index in [9.17, 15) is 0 Å². The molecule has 4 aromatic rings. The smallest absolute Gasteiger partial charge is 0.207 e. The number of hydrogen-bond donors (Lipinski definition) is 0. The van der Waals surface area contributed by atoms with Crippen LogP contribution in [0.1, 0.15) is 41.1 Å². The lowest BCUT2D eigenvalue weighted by Gasteiger charge is -2.21. The molecule has 32 heavy (non-hydrogen) atoms. The first-order chi connectivity index (χ1) is 15.7. The summed E-state index contributed by atoms with van der Waals surface area (Å²) in [6.07, 6.45) is 4.52. The molecule has 0 N–H and O–H groups in total. The van der Waals surface area contributed by atoms with Crippen LogP contribution in [-0.2, 0) is 12.8 Å². The van der Waals surface area contributed by atoms with Crippen molar-refractivity contribution in [2.75, 3.05) is 5.01 Å². The second kappa shape index (κ2) is 8.19. The van der Waals surface area contributed by atoms with Gasteiger partial charge in [0.15, 0.2) is 0 Å². The van der Waals surface area contributed by atoms with Crippen LogP contribution in [0.15, 0.2) is 83.3 Å². The van der Waals surface area contributed by atoms with Gasteiger partial charge in [-0.3, -0.25) is 0 Å². The van der Waals surface area contributed by atoms with Crippen LogP contribution in [0, 0.1) is 0 Å². The van der Waals surface area contributed by atoms with E-state index in [0.29, 0.717) is 0 Å². The normalized spacial score (nSPS) is 17.5. The molecule has 3 aromatic carbocycles. The summed E-state index contributed by atoms with van der Waals surface area (Å²) in [5.74, 6) is 0. The Kier molecular flexibility index (Phi) is 5.05. The molecule has 1 aromatic heterocycles. The average Bonchev–Trinajstić information content (AvgIpc) is 3.58. The first kappa shape index (κ1) is 19.7. The number of aryl methyl sites for hydroxylation is 2. The number of anilines is 1. The summed E-state index contributed by atoms with van der Waals surface area (Å²) < 4.78 is 0. The number of nitrogens with zero attached hydrogens (tertiary/aromatic N) is 3. The Morgan fingerprint density at radius 3 is 2.50 bits per heavy atom. The second-order valence-electron chi connectivity index (χ2n) is 8.38. The van der Waals surface area contributed by atoms with Gasteiger partial charge in [-0.15, -0.1) is 11.3 Å². The highest BCUT2D eigenvalue weighted by Gasteiger charge is 2.32. The highest BCUT2D eigenvalue weighted by atomic mass is 35.5. The van der Waals surface area contributed by atoms with Crippen molar-refractivity contribution in [1.82, 2.24) is 4.98 Å². The summed E-state index contributed by atoms with van der Waals surface area (Å²) in [4.78, 5) is 4.95. The number of aromatic nitrogens is 1. The van der Waals surface area contributed by atoms with Crippen molar-refractivity contribution in [3.05, 3.63) is 105 Å². The first-order valence-electron chi connectivity index (χ1n) is 11.0. The molecule has 2 heterocycles. The zero-order valence-corrected chi connectivity index (χ0v) is 19.1. The van der Waals surface area contributed by atoms with Crippen LogP contribution < -0.4 is 5.01 Å². The fourth-order valence-electron chi connectivity index (χ4n) is 4.67. The first-order valence-corrected chi connectivity index (χ1v) is 12.3. The summed E-state index contributed by atoms with van der Waals surface area (Å²) in [6.45, 7) is 0. The lowest BCUT2D eigenvalue weighted by molar-refractivity contribution is 0.706. The van der Waals surface area contributed by atoms with Gasteiger partial charge in [-0.2, -0.15) is 5.10 Å². The molecule has 1 unspecified atom stereocenters. The van der Waals surface area contributed by atoms with Crippen molar-refractivity contribution in [3.8, 4) is 11.3 Å². The summed E-state index contributed by atoms with van der Waals surface area (Å²) in [5, 5.41) is 11.0. The monoisotopic (exact) mass is 455 g/mol. The molecule has 1 atom stereocenters. The van der Waals surface area contributed by atoms with Crippen LogP contribution >= 0.6 is 22.9 Å². The Hall–Kier alpha value is -2.95. The van der Waals surface area contributed by atoms with E-state index in [1.807, 2.05) is 24.3 Å². The molecule has 0 saturated heterocycles. The number of thiazole rings is 1. The predicted molar refractivity (Wildman–Crippen MR) is 134 cm³/mol. The fraction of sp³-hybridized carbons (Fsp3) is 0.185. The van der Waals surface area contributed by atoms with Crippen LogP contribution in [0.2, 0.25) is 5.02 Å². The SMILES string of the molecule is Clc1ccc(-c2csc(N3N=C(c4ccc5c(c4)CCC5)CC3c3ccccc3)n2)cc1. The van der Waals surface area contributed by atoms with Gasteiger partial charge >= 0.3 is 0 Å². The number of hydrazone groups is 1. The number of benzene rings is 3. The molecule has 2 aliphatic rings. The zero-order chi connectivity index (χ0) is 21.5. The minimum absolute atomic E-state index is 0.142. The van der Waals surface area contributed by atoms with E-state index in [1.54, 1.807) is 11.3 Å². The van der Waals surface area contributed by atoms with Gasteiger partial charge in [0.05, 0.1) is 17.4 Å². The molecule has 1 aliphatic heterocycles. The second-order valence-corrected chi connectivity index (χ2v) is 9.65. The molecular formula is C27H22ClN3S. The lowest BCUT2D eigenvalue weighted by atomic mass is 9.97. The van der Waals surface area contributed by atoms with Gasteiger partial charge in [0, 0.05) is 22.4 Å². The molecule has 0 amide bonds. The van der Waals surface area contributed by atoms with Crippen LogP contribution in [0.4, 0.5) is 5.13 Å². The van der Waals surface area contributed by atoms with Crippen LogP contribution in [0.3, 0.4) is 0 Å². The number of halogens is 1. The quantitative estimate of drug-likeness (QED) is 0.322. The molecule has 1 aliphatic carbocycles. The molecule has 0 bridgehead atoms. The minimum Gasteiger partial charge on any atom is -0.231 e. The maximum atomic E-state index is 6.06. The molecular weight excluding hydrogens is 434 g/mol. The molecule has 0 spiro atoms. The minimum atomic E-state index is 0.142. The van der Waals surface area contributed by atoms with Gasteiger partial charge in [0.25, 0.3) is 0 Å². The summed E-state index contributed by atoms with van der Waals surface area (Å²) >= 11 is 7.70. The largest absolute Gasteiger partial charge is 0.231 e. The van der Waals surface area contributed by atoms with Crippen LogP contribution in [0.25, 0.3) is 11.3 Å². The fourth-order valence-corrected chi connectivity index (χ4v) is 5.63. The lowest BCUT2D eigenvalue weighted by Crippen LogP contribution is -2.18. The third-order valence-electron chi connectivity index (χ3n) is 6.35. The zero-order valence-electron chi connectivity index (χ0n) is 17.5. The number of rotatable bonds is 4. The molecule has 0 fully saturated rings. The van der Waals surface area contributed by atoms with E-state index in [2.05, 4.69) is 58.9 Å². The molecule has 158 valence electrons. The van der Waals surface area contributed by atoms with Crippen LogP contribution in [-0.4, -0.2) is 10.7 Å².